The predicted molar refractivity (Wildman–Crippen MR) is 102 cm³/mol. The first-order valence-corrected chi connectivity index (χ1v) is 10.7. The van der Waals surface area contributed by atoms with E-state index in [1.165, 1.54) is 37.7 Å². The van der Waals surface area contributed by atoms with Gasteiger partial charge in [-0.15, -0.1) is 5.10 Å². The Morgan fingerprint density at radius 1 is 1.04 bits per heavy atom. The van der Waals surface area contributed by atoms with Gasteiger partial charge in [0.2, 0.25) is 0 Å². The van der Waals surface area contributed by atoms with Crippen LogP contribution >= 0.6 is 23.4 Å². The Labute approximate surface area is 158 Å². The Bertz CT molecular complexity index is 677. The van der Waals surface area contributed by atoms with Gasteiger partial charge in [-0.05, 0) is 41.0 Å². The lowest BCUT2D eigenvalue weighted by Gasteiger charge is -2.35. The second kappa shape index (κ2) is 8.06. The monoisotopic (exact) mass is 377 g/mol. The quantitative estimate of drug-likeness (QED) is 0.806. The van der Waals surface area contributed by atoms with E-state index in [9.17, 15) is 0 Å². The van der Waals surface area contributed by atoms with Crippen molar-refractivity contribution in [2.75, 3.05) is 24.6 Å². The Kier molecular flexibility index (Phi) is 5.58. The molecule has 0 amide bonds. The number of hydrogen-bond donors (Lipinski definition) is 0. The maximum absolute atomic E-state index is 6.12. The van der Waals surface area contributed by atoms with Crippen LogP contribution in [0.15, 0.2) is 24.3 Å². The molecule has 1 aliphatic carbocycles. The molecule has 0 N–H and O–H groups in total. The molecular formula is C18H24ClN5S. The van der Waals surface area contributed by atoms with Crippen LogP contribution < -0.4 is 0 Å². The highest BCUT2D eigenvalue weighted by molar-refractivity contribution is 7.99. The zero-order valence-corrected chi connectivity index (χ0v) is 15.9. The molecule has 2 aromatic rings. The van der Waals surface area contributed by atoms with Crippen molar-refractivity contribution in [1.29, 1.82) is 0 Å². The van der Waals surface area contributed by atoms with E-state index in [0.29, 0.717) is 6.04 Å². The SMILES string of the molecule is Clc1ccc([C@@H](c2nnnn2C2CCCCC2)N2CCSCC2)cc1. The molecule has 4 rings (SSSR count). The first-order chi connectivity index (χ1) is 12.3. The molecule has 2 heterocycles. The third-order valence-electron chi connectivity index (χ3n) is 5.28. The summed E-state index contributed by atoms with van der Waals surface area (Å²) in [5.41, 5.74) is 1.23. The van der Waals surface area contributed by atoms with Gasteiger partial charge in [0.25, 0.3) is 0 Å². The Hall–Kier alpha value is -1.11. The summed E-state index contributed by atoms with van der Waals surface area (Å²) in [5, 5.41) is 13.7. The first-order valence-electron chi connectivity index (χ1n) is 9.18. The number of tetrazole rings is 1. The first kappa shape index (κ1) is 17.3. The molecule has 5 nitrogen and oxygen atoms in total. The highest BCUT2D eigenvalue weighted by Gasteiger charge is 2.31. The molecule has 25 heavy (non-hydrogen) atoms. The number of thioether (sulfide) groups is 1. The average Bonchev–Trinajstić information content (AvgIpc) is 3.14. The minimum absolute atomic E-state index is 0.107. The molecule has 1 atom stereocenters. The number of nitrogens with zero attached hydrogens (tertiary/aromatic N) is 5. The van der Waals surface area contributed by atoms with Crippen LogP contribution in [-0.2, 0) is 0 Å². The van der Waals surface area contributed by atoms with Crippen LogP contribution in [0.3, 0.4) is 0 Å². The van der Waals surface area contributed by atoms with Gasteiger partial charge < -0.3 is 0 Å². The highest BCUT2D eigenvalue weighted by atomic mass is 35.5. The lowest BCUT2D eigenvalue weighted by Crippen LogP contribution is -2.38. The number of benzene rings is 1. The van der Waals surface area contributed by atoms with Gasteiger partial charge in [0.1, 0.15) is 0 Å². The smallest absolute Gasteiger partial charge is 0.173 e. The van der Waals surface area contributed by atoms with Crippen LogP contribution in [0.25, 0.3) is 0 Å². The van der Waals surface area contributed by atoms with Crippen LogP contribution in [0, 0.1) is 0 Å². The summed E-state index contributed by atoms with van der Waals surface area (Å²) < 4.78 is 2.11. The average molecular weight is 378 g/mol. The molecule has 1 aromatic carbocycles. The van der Waals surface area contributed by atoms with E-state index in [1.54, 1.807) is 0 Å². The van der Waals surface area contributed by atoms with Gasteiger partial charge in [0.15, 0.2) is 5.82 Å². The van der Waals surface area contributed by atoms with Gasteiger partial charge >= 0.3 is 0 Å². The Balaban J connectivity index is 1.70. The largest absolute Gasteiger partial charge is 0.288 e. The minimum Gasteiger partial charge on any atom is -0.288 e. The fourth-order valence-corrected chi connectivity index (χ4v) is 5.03. The molecule has 2 aliphatic rings. The third kappa shape index (κ3) is 3.86. The number of rotatable bonds is 4. The van der Waals surface area contributed by atoms with Crippen molar-refractivity contribution < 1.29 is 0 Å². The predicted octanol–water partition coefficient (Wildman–Crippen LogP) is 3.97. The summed E-state index contributed by atoms with van der Waals surface area (Å²) in [5.74, 6) is 3.31. The topological polar surface area (TPSA) is 46.8 Å². The molecule has 1 saturated carbocycles. The van der Waals surface area contributed by atoms with Crippen LogP contribution in [0.5, 0.6) is 0 Å². The summed E-state index contributed by atoms with van der Waals surface area (Å²) >= 11 is 8.14. The molecule has 1 aliphatic heterocycles. The van der Waals surface area contributed by atoms with Gasteiger partial charge in [-0.1, -0.05) is 43.0 Å². The van der Waals surface area contributed by atoms with Gasteiger partial charge in [0, 0.05) is 29.6 Å². The van der Waals surface area contributed by atoms with Crippen LogP contribution in [0.1, 0.15) is 55.6 Å². The van der Waals surface area contributed by atoms with Gasteiger partial charge in [0.05, 0.1) is 12.1 Å². The lowest BCUT2D eigenvalue weighted by atomic mass is 9.95. The normalized spacial score (nSPS) is 21.3. The summed E-state index contributed by atoms with van der Waals surface area (Å²) in [6.45, 7) is 2.13. The maximum Gasteiger partial charge on any atom is 0.173 e. The summed E-state index contributed by atoms with van der Waals surface area (Å²) in [6.07, 6.45) is 6.24. The number of hydrogen-bond acceptors (Lipinski definition) is 5. The number of halogens is 1. The fraction of sp³-hybridized carbons (Fsp3) is 0.611. The highest BCUT2D eigenvalue weighted by Crippen LogP contribution is 2.34. The summed E-state index contributed by atoms with van der Waals surface area (Å²) in [4.78, 5) is 2.52. The minimum atomic E-state index is 0.107. The molecule has 7 heteroatoms. The van der Waals surface area contributed by atoms with Crippen molar-refractivity contribution in [3.8, 4) is 0 Å². The van der Waals surface area contributed by atoms with E-state index in [2.05, 4.69) is 37.2 Å². The fourth-order valence-electron chi connectivity index (χ4n) is 3.97. The van der Waals surface area contributed by atoms with Crippen LogP contribution in [0.4, 0.5) is 0 Å². The van der Waals surface area contributed by atoms with Crippen LogP contribution in [-0.4, -0.2) is 49.7 Å². The van der Waals surface area contributed by atoms with E-state index >= 15 is 0 Å². The van der Waals surface area contributed by atoms with E-state index in [4.69, 9.17) is 11.6 Å². The Morgan fingerprint density at radius 2 is 1.76 bits per heavy atom. The van der Waals surface area contributed by atoms with Crippen LogP contribution in [0.2, 0.25) is 5.02 Å². The molecule has 1 saturated heterocycles. The molecule has 2 fully saturated rings. The summed E-state index contributed by atoms with van der Waals surface area (Å²) in [6, 6.07) is 8.72. The van der Waals surface area contributed by atoms with Crippen molar-refractivity contribution in [2.24, 2.45) is 0 Å². The molecular weight excluding hydrogens is 354 g/mol. The van der Waals surface area contributed by atoms with Crippen molar-refractivity contribution in [3.63, 3.8) is 0 Å². The zero-order chi connectivity index (χ0) is 17.1. The zero-order valence-electron chi connectivity index (χ0n) is 14.4. The van der Waals surface area contributed by atoms with Crippen molar-refractivity contribution in [1.82, 2.24) is 25.1 Å². The lowest BCUT2D eigenvalue weighted by molar-refractivity contribution is 0.222. The second-order valence-electron chi connectivity index (χ2n) is 6.88. The maximum atomic E-state index is 6.12. The van der Waals surface area contributed by atoms with Gasteiger partial charge in [-0.2, -0.15) is 11.8 Å². The van der Waals surface area contributed by atoms with E-state index in [-0.39, 0.29) is 6.04 Å². The van der Waals surface area contributed by atoms with E-state index in [1.807, 2.05) is 23.9 Å². The van der Waals surface area contributed by atoms with Crippen molar-refractivity contribution in [3.05, 3.63) is 40.7 Å². The Morgan fingerprint density at radius 3 is 2.48 bits per heavy atom. The molecule has 0 unspecified atom stereocenters. The second-order valence-corrected chi connectivity index (χ2v) is 8.54. The molecule has 1 aromatic heterocycles. The van der Waals surface area contributed by atoms with Gasteiger partial charge in [-0.25, -0.2) is 4.68 Å². The molecule has 0 bridgehead atoms. The summed E-state index contributed by atoms with van der Waals surface area (Å²) in [7, 11) is 0. The number of aromatic nitrogens is 4. The third-order valence-corrected chi connectivity index (χ3v) is 6.47. The van der Waals surface area contributed by atoms with E-state index < -0.39 is 0 Å². The molecule has 0 radical (unpaired) electrons. The van der Waals surface area contributed by atoms with Crippen molar-refractivity contribution in [2.45, 2.75) is 44.2 Å². The van der Waals surface area contributed by atoms with Crippen molar-refractivity contribution >= 4 is 23.4 Å². The van der Waals surface area contributed by atoms with Gasteiger partial charge in [-0.3, -0.25) is 4.90 Å². The standard InChI is InChI=1S/C18H24ClN5S/c19-15-8-6-14(7-9-15)17(23-10-12-25-13-11-23)18-20-21-22-24(18)16-4-2-1-3-5-16/h6-9,16-17H,1-5,10-13H2/t17-/m0/s1. The molecule has 134 valence electrons. The van der Waals surface area contributed by atoms with E-state index in [0.717, 1.165) is 35.4 Å². The molecule has 0 spiro atoms.